The maximum atomic E-state index is 11.2. The Kier molecular flexibility index (Phi) is 4.30. The van der Waals surface area contributed by atoms with Gasteiger partial charge in [-0.2, -0.15) is 0 Å². The van der Waals surface area contributed by atoms with Crippen LogP contribution in [0.2, 0.25) is 0 Å². The van der Waals surface area contributed by atoms with Crippen molar-refractivity contribution in [1.29, 1.82) is 0 Å². The molecular weight excluding hydrogens is 286 g/mol. The lowest BCUT2D eigenvalue weighted by atomic mass is 9.76. The number of primary sulfonamides is 1. The molecule has 4 N–H and O–H groups in total. The zero-order valence-corrected chi connectivity index (χ0v) is 13.5. The molecule has 2 rings (SSSR count). The van der Waals surface area contributed by atoms with Crippen LogP contribution in [-0.4, -0.2) is 8.42 Å². The minimum absolute atomic E-state index is 0.111. The van der Waals surface area contributed by atoms with Crippen molar-refractivity contribution in [2.75, 3.05) is 5.43 Å². The van der Waals surface area contributed by atoms with Crippen molar-refractivity contribution in [2.45, 2.75) is 38.5 Å². The Labute approximate surface area is 126 Å². The Hall–Kier alpha value is -1.53. The standard InChI is InChI=1S/C15H23N3O2S/c1-11-8-13(10-15(2,3)9-11)18-17-12-4-6-14(7-5-12)21(16,19)20/h4-7,10-11,17-18H,8-9H2,1-3H3,(H2,16,19,20). The molecule has 1 aliphatic rings. The minimum atomic E-state index is -3.64. The van der Waals surface area contributed by atoms with Gasteiger partial charge < -0.3 is 10.9 Å². The number of hydrazine groups is 1. The van der Waals surface area contributed by atoms with E-state index in [1.165, 1.54) is 18.6 Å². The average molecular weight is 309 g/mol. The van der Waals surface area contributed by atoms with Gasteiger partial charge in [-0.25, -0.2) is 13.6 Å². The van der Waals surface area contributed by atoms with Crippen LogP contribution in [0.3, 0.4) is 0 Å². The SMILES string of the molecule is CC1CC(NNc2ccc(S(N)(=O)=O)cc2)=CC(C)(C)C1. The highest BCUT2D eigenvalue weighted by Crippen LogP contribution is 2.35. The summed E-state index contributed by atoms with van der Waals surface area (Å²) in [5.74, 6) is 0.638. The average Bonchev–Trinajstić information content (AvgIpc) is 2.33. The van der Waals surface area contributed by atoms with E-state index in [2.05, 4.69) is 37.7 Å². The predicted octanol–water partition coefficient (Wildman–Crippen LogP) is 2.59. The van der Waals surface area contributed by atoms with Crippen LogP contribution in [0.4, 0.5) is 5.69 Å². The molecule has 0 saturated carbocycles. The van der Waals surface area contributed by atoms with Crippen LogP contribution < -0.4 is 16.0 Å². The van der Waals surface area contributed by atoms with Gasteiger partial charge in [0.25, 0.3) is 0 Å². The van der Waals surface area contributed by atoms with Gasteiger partial charge in [-0.1, -0.05) is 26.8 Å². The molecule has 1 unspecified atom stereocenters. The van der Waals surface area contributed by atoms with Gasteiger partial charge in [0.15, 0.2) is 0 Å². The van der Waals surface area contributed by atoms with Crippen molar-refractivity contribution in [3.63, 3.8) is 0 Å². The van der Waals surface area contributed by atoms with Gasteiger partial charge in [-0.3, -0.25) is 0 Å². The van der Waals surface area contributed by atoms with E-state index >= 15 is 0 Å². The third kappa shape index (κ3) is 4.47. The number of rotatable bonds is 4. The van der Waals surface area contributed by atoms with E-state index in [9.17, 15) is 8.42 Å². The third-order valence-corrected chi connectivity index (χ3v) is 4.49. The minimum Gasteiger partial charge on any atom is -0.305 e. The van der Waals surface area contributed by atoms with Gasteiger partial charge in [0, 0.05) is 5.70 Å². The lowest BCUT2D eigenvalue weighted by Crippen LogP contribution is -2.29. The van der Waals surface area contributed by atoms with Gasteiger partial charge >= 0.3 is 0 Å². The molecule has 0 aliphatic heterocycles. The summed E-state index contributed by atoms with van der Waals surface area (Å²) in [6.45, 7) is 6.70. The highest BCUT2D eigenvalue weighted by atomic mass is 32.2. The first-order valence-corrected chi connectivity index (χ1v) is 8.57. The Bertz CT molecular complexity index is 633. The number of anilines is 1. The predicted molar refractivity (Wildman–Crippen MR) is 84.8 cm³/mol. The molecule has 0 fully saturated rings. The van der Waals surface area contributed by atoms with Crippen molar-refractivity contribution < 1.29 is 8.42 Å². The van der Waals surface area contributed by atoms with Crippen LogP contribution in [0.15, 0.2) is 40.9 Å². The van der Waals surface area contributed by atoms with Crippen LogP contribution >= 0.6 is 0 Å². The molecule has 0 heterocycles. The van der Waals surface area contributed by atoms with E-state index < -0.39 is 10.0 Å². The summed E-state index contributed by atoms with van der Waals surface area (Å²) in [5.41, 5.74) is 8.46. The zero-order chi connectivity index (χ0) is 15.7. The van der Waals surface area contributed by atoms with Crippen molar-refractivity contribution in [3.8, 4) is 0 Å². The van der Waals surface area contributed by atoms with Gasteiger partial charge in [0.2, 0.25) is 10.0 Å². The van der Waals surface area contributed by atoms with Crippen molar-refractivity contribution >= 4 is 15.7 Å². The van der Waals surface area contributed by atoms with E-state index in [1.54, 1.807) is 12.1 Å². The van der Waals surface area contributed by atoms with E-state index in [-0.39, 0.29) is 10.3 Å². The normalized spacial score (nSPS) is 21.5. The first-order valence-electron chi connectivity index (χ1n) is 7.02. The number of hydrogen-bond acceptors (Lipinski definition) is 4. The first kappa shape index (κ1) is 15.9. The molecule has 0 aromatic heterocycles. The van der Waals surface area contributed by atoms with Gasteiger partial charge in [-0.15, -0.1) is 0 Å². The number of hydrogen-bond donors (Lipinski definition) is 3. The molecule has 1 aliphatic carbocycles. The van der Waals surface area contributed by atoms with Crippen LogP contribution in [0.25, 0.3) is 0 Å². The molecule has 21 heavy (non-hydrogen) atoms. The molecule has 0 saturated heterocycles. The lowest BCUT2D eigenvalue weighted by Gasteiger charge is -2.32. The monoisotopic (exact) mass is 309 g/mol. The second kappa shape index (κ2) is 5.69. The summed E-state index contributed by atoms with van der Waals surface area (Å²) in [4.78, 5) is 0.111. The van der Waals surface area contributed by atoms with Crippen LogP contribution in [0.1, 0.15) is 33.6 Å². The van der Waals surface area contributed by atoms with Crippen LogP contribution in [-0.2, 0) is 10.0 Å². The number of nitrogens with one attached hydrogen (secondary N) is 2. The maximum absolute atomic E-state index is 11.2. The van der Waals surface area contributed by atoms with Crippen molar-refractivity contribution in [2.24, 2.45) is 16.5 Å². The van der Waals surface area contributed by atoms with E-state index in [0.717, 1.165) is 17.8 Å². The molecule has 116 valence electrons. The van der Waals surface area contributed by atoms with E-state index in [0.29, 0.717) is 5.92 Å². The van der Waals surface area contributed by atoms with E-state index in [4.69, 9.17) is 5.14 Å². The Morgan fingerprint density at radius 1 is 1.19 bits per heavy atom. The van der Waals surface area contributed by atoms with Crippen LogP contribution in [0, 0.1) is 11.3 Å². The number of nitrogens with two attached hydrogens (primary N) is 1. The number of benzene rings is 1. The molecule has 5 nitrogen and oxygen atoms in total. The molecule has 0 spiro atoms. The summed E-state index contributed by atoms with van der Waals surface area (Å²) in [5, 5.41) is 5.07. The molecule has 0 amide bonds. The highest BCUT2D eigenvalue weighted by Gasteiger charge is 2.25. The van der Waals surface area contributed by atoms with Gasteiger partial charge in [0.05, 0.1) is 10.6 Å². The molecule has 6 heteroatoms. The summed E-state index contributed by atoms with van der Waals surface area (Å²) >= 11 is 0. The summed E-state index contributed by atoms with van der Waals surface area (Å²) in [6, 6.07) is 6.34. The topological polar surface area (TPSA) is 84.2 Å². The fourth-order valence-electron chi connectivity index (χ4n) is 2.90. The first-order chi connectivity index (χ1) is 9.66. The van der Waals surface area contributed by atoms with Crippen molar-refractivity contribution in [1.82, 2.24) is 5.43 Å². The third-order valence-electron chi connectivity index (χ3n) is 3.56. The van der Waals surface area contributed by atoms with Gasteiger partial charge in [0.1, 0.15) is 0 Å². The van der Waals surface area contributed by atoms with Gasteiger partial charge in [-0.05, 0) is 48.4 Å². The summed E-state index contributed by atoms with van der Waals surface area (Å²) in [7, 11) is -3.64. The molecule has 0 radical (unpaired) electrons. The Morgan fingerprint density at radius 3 is 2.33 bits per heavy atom. The van der Waals surface area contributed by atoms with Crippen LogP contribution in [0.5, 0.6) is 0 Å². The lowest BCUT2D eigenvalue weighted by molar-refractivity contribution is 0.316. The van der Waals surface area contributed by atoms with E-state index in [1.807, 2.05) is 0 Å². The van der Waals surface area contributed by atoms with Crippen molar-refractivity contribution in [3.05, 3.63) is 36.0 Å². The Balaban J connectivity index is 2.02. The highest BCUT2D eigenvalue weighted by molar-refractivity contribution is 7.89. The summed E-state index contributed by atoms with van der Waals surface area (Å²) in [6.07, 6.45) is 4.44. The maximum Gasteiger partial charge on any atom is 0.238 e. The molecular formula is C15H23N3O2S. The quantitative estimate of drug-likeness (QED) is 0.746. The number of allylic oxidation sites excluding steroid dienone is 2. The molecule has 1 aromatic rings. The largest absolute Gasteiger partial charge is 0.305 e. The Morgan fingerprint density at radius 2 is 1.81 bits per heavy atom. The fourth-order valence-corrected chi connectivity index (χ4v) is 3.42. The smallest absolute Gasteiger partial charge is 0.238 e. The molecule has 1 aromatic carbocycles. The second-order valence-corrected chi connectivity index (χ2v) is 8.05. The fraction of sp³-hybridized carbons (Fsp3) is 0.467. The number of sulfonamides is 1. The zero-order valence-electron chi connectivity index (χ0n) is 12.7. The summed E-state index contributed by atoms with van der Waals surface area (Å²) < 4.78 is 22.4. The second-order valence-electron chi connectivity index (χ2n) is 6.49. The molecule has 0 bridgehead atoms. The molecule has 1 atom stereocenters.